The molecular formula is C28H23N3. The van der Waals surface area contributed by atoms with Gasteiger partial charge < -0.3 is 5.32 Å². The van der Waals surface area contributed by atoms with Crippen LogP contribution < -0.4 is 5.32 Å². The van der Waals surface area contributed by atoms with E-state index >= 15 is 0 Å². The number of benzene rings is 3. The Balaban J connectivity index is 1.35. The Morgan fingerprint density at radius 3 is 2.23 bits per heavy atom. The van der Waals surface area contributed by atoms with Crippen LogP contribution in [0.3, 0.4) is 0 Å². The maximum absolute atomic E-state index is 4.58. The van der Waals surface area contributed by atoms with E-state index in [-0.39, 0.29) is 0 Å². The van der Waals surface area contributed by atoms with Crippen LogP contribution in [-0.2, 0) is 6.54 Å². The molecule has 3 nitrogen and oxygen atoms in total. The molecule has 0 aliphatic rings. The standard InChI is InChI=1S/C28H23N3/c1-20-3-2-4-24(17-20)22-7-5-21(6-8-22)19-31-28-27-10-9-25(18-26(27)13-16-30-28)23-11-14-29-15-12-23/h2-18H,19H2,1H3,(H,30,31). The highest BCUT2D eigenvalue weighted by atomic mass is 15.0. The molecule has 5 aromatic rings. The zero-order chi connectivity index (χ0) is 21.0. The lowest BCUT2D eigenvalue weighted by Crippen LogP contribution is -2.02. The number of nitrogens with one attached hydrogen (secondary N) is 1. The number of fused-ring (bicyclic) bond motifs is 1. The molecule has 0 saturated carbocycles. The van der Waals surface area contributed by atoms with Crippen LogP contribution in [0.2, 0.25) is 0 Å². The van der Waals surface area contributed by atoms with Gasteiger partial charge in [0, 0.05) is 30.5 Å². The maximum Gasteiger partial charge on any atom is 0.134 e. The molecule has 0 radical (unpaired) electrons. The molecule has 0 aliphatic carbocycles. The normalized spacial score (nSPS) is 10.9. The zero-order valence-corrected chi connectivity index (χ0v) is 17.4. The van der Waals surface area contributed by atoms with Gasteiger partial charge in [0.25, 0.3) is 0 Å². The maximum atomic E-state index is 4.58. The third-order valence-corrected chi connectivity index (χ3v) is 5.54. The summed E-state index contributed by atoms with van der Waals surface area (Å²) < 4.78 is 0. The molecule has 2 aromatic heterocycles. The van der Waals surface area contributed by atoms with Gasteiger partial charge >= 0.3 is 0 Å². The minimum Gasteiger partial charge on any atom is -0.365 e. The molecule has 3 heteroatoms. The number of rotatable bonds is 5. The fourth-order valence-corrected chi connectivity index (χ4v) is 3.87. The van der Waals surface area contributed by atoms with Crippen molar-refractivity contribution in [2.75, 3.05) is 5.32 Å². The second-order valence-corrected chi connectivity index (χ2v) is 7.75. The lowest BCUT2D eigenvalue weighted by Gasteiger charge is -2.11. The van der Waals surface area contributed by atoms with E-state index in [1.165, 1.54) is 33.2 Å². The van der Waals surface area contributed by atoms with Gasteiger partial charge in [0.05, 0.1) is 0 Å². The Kier molecular flexibility index (Phi) is 5.16. The molecule has 0 spiro atoms. The molecule has 0 bridgehead atoms. The Bertz CT molecular complexity index is 1330. The zero-order valence-electron chi connectivity index (χ0n) is 17.4. The minimum atomic E-state index is 0.728. The van der Waals surface area contributed by atoms with Gasteiger partial charge in [0.2, 0.25) is 0 Å². The van der Waals surface area contributed by atoms with E-state index < -0.39 is 0 Å². The first-order valence-electron chi connectivity index (χ1n) is 10.5. The molecule has 0 atom stereocenters. The lowest BCUT2D eigenvalue weighted by atomic mass is 10.0. The van der Waals surface area contributed by atoms with Gasteiger partial charge in [-0.25, -0.2) is 4.98 Å². The highest BCUT2D eigenvalue weighted by molar-refractivity contribution is 5.94. The summed E-state index contributed by atoms with van der Waals surface area (Å²) in [4.78, 5) is 8.68. The summed E-state index contributed by atoms with van der Waals surface area (Å²) in [6.45, 7) is 2.85. The molecule has 0 unspecified atom stereocenters. The van der Waals surface area contributed by atoms with Gasteiger partial charge in [-0.2, -0.15) is 0 Å². The summed E-state index contributed by atoms with van der Waals surface area (Å²) in [6.07, 6.45) is 5.51. The van der Waals surface area contributed by atoms with E-state index in [9.17, 15) is 0 Å². The SMILES string of the molecule is Cc1cccc(-c2ccc(CNc3nccc4cc(-c5ccncc5)ccc34)cc2)c1. The number of anilines is 1. The molecule has 3 aromatic carbocycles. The molecule has 31 heavy (non-hydrogen) atoms. The Hall–Kier alpha value is -3.98. The number of pyridine rings is 2. The largest absolute Gasteiger partial charge is 0.365 e. The first-order valence-corrected chi connectivity index (χ1v) is 10.5. The van der Waals surface area contributed by atoms with Crippen molar-refractivity contribution >= 4 is 16.6 Å². The van der Waals surface area contributed by atoms with E-state index in [1.807, 2.05) is 30.7 Å². The van der Waals surface area contributed by atoms with Crippen molar-refractivity contribution in [3.05, 3.63) is 115 Å². The van der Waals surface area contributed by atoms with Gasteiger partial charge in [-0.3, -0.25) is 4.98 Å². The van der Waals surface area contributed by atoms with Gasteiger partial charge in [0.1, 0.15) is 5.82 Å². The quantitative estimate of drug-likeness (QED) is 0.349. The van der Waals surface area contributed by atoms with E-state index in [0.29, 0.717) is 0 Å². The molecule has 2 heterocycles. The summed E-state index contributed by atoms with van der Waals surface area (Å²) in [5.74, 6) is 0.904. The predicted octanol–water partition coefficient (Wildman–Crippen LogP) is 6.88. The van der Waals surface area contributed by atoms with Crippen LogP contribution in [0.5, 0.6) is 0 Å². The second-order valence-electron chi connectivity index (χ2n) is 7.75. The summed E-state index contributed by atoms with van der Waals surface area (Å²) in [5.41, 5.74) is 7.33. The summed E-state index contributed by atoms with van der Waals surface area (Å²) >= 11 is 0. The molecule has 5 rings (SSSR count). The van der Waals surface area contributed by atoms with Gasteiger partial charge in [-0.1, -0.05) is 66.2 Å². The van der Waals surface area contributed by atoms with Gasteiger partial charge in [-0.05, 0) is 64.4 Å². The topological polar surface area (TPSA) is 37.8 Å². The molecular weight excluding hydrogens is 378 g/mol. The van der Waals surface area contributed by atoms with Crippen molar-refractivity contribution < 1.29 is 0 Å². The first-order chi connectivity index (χ1) is 15.3. The van der Waals surface area contributed by atoms with Crippen LogP contribution in [-0.4, -0.2) is 9.97 Å². The number of hydrogen-bond donors (Lipinski definition) is 1. The van der Waals surface area contributed by atoms with Crippen molar-refractivity contribution in [2.45, 2.75) is 13.5 Å². The van der Waals surface area contributed by atoms with Crippen LogP contribution in [0, 0.1) is 6.92 Å². The third kappa shape index (κ3) is 4.17. The summed E-state index contributed by atoms with van der Waals surface area (Å²) in [6, 6.07) is 29.9. The Labute approximate surface area is 182 Å². The smallest absolute Gasteiger partial charge is 0.134 e. The van der Waals surface area contributed by atoms with Crippen LogP contribution in [0.25, 0.3) is 33.0 Å². The fraction of sp³-hybridized carbons (Fsp3) is 0.0714. The highest BCUT2D eigenvalue weighted by Gasteiger charge is 2.05. The number of aryl methyl sites for hydroxylation is 1. The lowest BCUT2D eigenvalue weighted by molar-refractivity contribution is 1.12. The van der Waals surface area contributed by atoms with E-state index in [0.717, 1.165) is 23.3 Å². The second kappa shape index (κ2) is 8.41. The molecule has 150 valence electrons. The monoisotopic (exact) mass is 401 g/mol. The van der Waals surface area contributed by atoms with Crippen molar-refractivity contribution in [2.24, 2.45) is 0 Å². The number of aromatic nitrogens is 2. The minimum absolute atomic E-state index is 0.728. The highest BCUT2D eigenvalue weighted by Crippen LogP contribution is 2.28. The average Bonchev–Trinajstić information content (AvgIpc) is 2.83. The number of hydrogen-bond acceptors (Lipinski definition) is 3. The first kappa shape index (κ1) is 19.0. The van der Waals surface area contributed by atoms with E-state index in [2.05, 4.69) is 95.0 Å². The van der Waals surface area contributed by atoms with Gasteiger partial charge in [0.15, 0.2) is 0 Å². The summed E-state index contributed by atoms with van der Waals surface area (Å²) in [7, 11) is 0. The van der Waals surface area contributed by atoms with Crippen molar-refractivity contribution in [1.82, 2.24) is 9.97 Å². The van der Waals surface area contributed by atoms with Gasteiger partial charge in [-0.15, -0.1) is 0 Å². The van der Waals surface area contributed by atoms with E-state index in [4.69, 9.17) is 0 Å². The van der Waals surface area contributed by atoms with Crippen LogP contribution in [0.1, 0.15) is 11.1 Å². The molecule has 0 amide bonds. The van der Waals surface area contributed by atoms with Crippen LogP contribution >= 0.6 is 0 Å². The van der Waals surface area contributed by atoms with Crippen molar-refractivity contribution in [3.8, 4) is 22.3 Å². The average molecular weight is 402 g/mol. The van der Waals surface area contributed by atoms with E-state index in [1.54, 1.807) is 0 Å². The van der Waals surface area contributed by atoms with Crippen molar-refractivity contribution in [3.63, 3.8) is 0 Å². The van der Waals surface area contributed by atoms with Crippen LogP contribution in [0.15, 0.2) is 104 Å². The Morgan fingerprint density at radius 1 is 0.677 bits per heavy atom. The molecule has 1 N–H and O–H groups in total. The summed E-state index contributed by atoms with van der Waals surface area (Å²) in [5, 5.41) is 5.80. The van der Waals surface area contributed by atoms with Crippen molar-refractivity contribution in [1.29, 1.82) is 0 Å². The molecule has 0 fully saturated rings. The Morgan fingerprint density at radius 2 is 1.42 bits per heavy atom. The fourth-order valence-electron chi connectivity index (χ4n) is 3.87. The number of nitrogens with zero attached hydrogens (tertiary/aromatic N) is 2. The molecule has 0 saturated heterocycles. The third-order valence-electron chi connectivity index (χ3n) is 5.54. The predicted molar refractivity (Wildman–Crippen MR) is 129 cm³/mol. The molecule has 0 aliphatic heterocycles. The van der Waals surface area contributed by atoms with Crippen LogP contribution in [0.4, 0.5) is 5.82 Å².